The van der Waals surface area contributed by atoms with E-state index in [9.17, 15) is 4.79 Å². The van der Waals surface area contributed by atoms with Crippen LogP contribution in [0.2, 0.25) is 0 Å². The Morgan fingerprint density at radius 1 is 1.55 bits per heavy atom. The number of esters is 1. The van der Waals surface area contributed by atoms with Crippen LogP contribution in [0.5, 0.6) is 0 Å². The average Bonchev–Trinajstić information content (AvgIpc) is 2.70. The Hall–Kier alpha value is -0.530. The average molecular weight is 154 g/mol. The van der Waals surface area contributed by atoms with Crippen LogP contribution in [0.25, 0.3) is 0 Å². The number of carbonyl (C=O) groups excluding carboxylic acids is 1. The van der Waals surface area contributed by atoms with Gasteiger partial charge in [-0.15, -0.1) is 0 Å². The first-order chi connectivity index (χ1) is 5.31. The van der Waals surface area contributed by atoms with Crippen molar-refractivity contribution in [1.82, 2.24) is 0 Å². The molecule has 11 heavy (non-hydrogen) atoms. The molecule has 2 rings (SSSR count). The minimum absolute atomic E-state index is 0.0254. The molecule has 0 saturated heterocycles. The lowest BCUT2D eigenvalue weighted by Gasteiger charge is -2.08. The normalized spacial score (nSPS) is 39.9. The third-order valence-corrected chi connectivity index (χ3v) is 3.15. The molecule has 0 heterocycles. The number of hydrogen-bond acceptors (Lipinski definition) is 2. The van der Waals surface area contributed by atoms with Gasteiger partial charge < -0.3 is 4.74 Å². The summed E-state index contributed by atoms with van der Waals surface area (Å²) in [7, 11) is 1.47. The minimum Gasteiger partial charge on any atom is -0.469 e. The molecule has 3 atom stereocenters. The van der Waals surface area contributed by atoms with Crippen molar-refractivity contribution in [2.24, 2.45) is 17.8 Å². The van der Waals surface area contributed by atoms with Gasteiger partial charge in [-0.25, -0.2) is 0 Å². The van der Waals surface area contributed by atoms with Crippen molar-refractivity contribution in [3.8, 4) is 0 Å². The van der Waals surface area contributed by atoms with Gasteiger partial charge in [0, 0.05) is 6.42 Å². The second kappa shape index (κ2) is 2.50. The van der Waals surface area contributed by atoms with Crippen LogP contribution in [0.1, 0.15) is 25.7 Å². The zero-order valence-electron chi connectivity index (χ0n) is 6.88. The summed E-state index contributed by atoms with van der Waals surface area (Å²) in [6.45, 7) is 0. The lowest BCUT2D eigenvalue weighted by atomic mass is 10.00. The summed E-state index contributed by atoms with van der Waals surface area (Å²) in [5.74, 6) is 2.49. The fraction of sp³-hybridized carbons (Fsp3) is 0.889. The molecule has 2 aliphatic carbocycles. The van der Waals surface area contributed by atoms with Crippen molar-refractivity contribution in [1.29, 1.82) is 0 Å². The van der Waals surface area contributed by atoms with Crippen molar-refractivity contribution in [2.75, 3.05) is 7.11 Å². The molecule has 0 aliphatic heterocycles. The van der Waals surface area contributed by atoms with Crippen LogP contribution >= 0.6 is 0 Å². The van der Waals surface area contributed by atoms with Gasteiger partial charge in [-0.3, -0.25) is 4.79 Å². The quantitative estimate of drug-likeness (QED) is 0.565. The van der Waals surface area contributed by atoms with Crippen LogP contribution in [0.3, 0.4) is 0 Å². The van der Waals surface area contributed by atoms with Crippen molar-refractivity contribution >= 4 is 5.97 Å². The predicted molar refractivity (Wildman–Crippen MR) is 41.0 cm³/mol. The Balaban J connectivity index is 1.82. The smallest absolute Gasteiger partial charge is 0.305 e. The summed E-state index contributed by atoms with van der Waals surface area (Å²) in [6, 6.07) is 0. The summed E-state index contributed by atoms with van der Waals surface area (Å²) in [6.07, 6.45) is 4.65. The molecule has 0 N–H and O–H groups in total. The molecule has 2 nitrogen and oxygen atoms in total. The summed E-state index contributed by atoms with van der Waals surface area (Å²) in [4.78, 5) is 10.9. The van der Waals surface area contributed by atoms with E-state index in [1.54, 1.807) is 0 Å². The van der Waals surface area contributed by atoms with Crippen LogP contribution in [0, 0.1) is 17.8 Å². The highest BCUT2D eigenvalue weighted by molar-refractivity contribution is 5.69. The summed E-state index contributed by atoms with van der Waals surface area (Å²) < 4.78 is 4.64. The summed E-state index contributed by atoms with van der Waals surface area (Å²) in [5, 5.41) is 0. The molecule has 0 spiro atoms. The second-order valence-electron chi connectivity index (χ2n) is 3.78. The van der Waals surface area contributed by atoms with E-state index in [1.807, 2.05) is 0 Å². The van der Waals surface area contributed by atoms with Crippen molar-refractivity contribution in [3.05, 3.63) is 0 Å². The monoisotopic (exact) mass is 154 g/mol. The molecule has 2 saturated carbocycles. The molecule has 0 aromatic carbocycles. The third kappa shape index (κ3) is 1.26. The minimum atomic E-state index is -0.0254. The van der Waals surface area contributed by atoms with Gasteiger partial charge in [-0.05, 0) is 37.0 Å². The highest BCUT2D eigenvalue weighted by Crippen LogP contribution is 2.56. The van der Waals surface area contributed by atoms with Crippen molar-refractivity contribution in [3.63, 3.8) is 0 Å². The zero-order chi connectivity index (χ0) is 7.84. The van der Waals surface area contributed by atoms with Gasteiger partial charge in [-0.1, -0.05) is 0 Å². The highest BCUT2D eigenvalue weighted by atomic mass is 16.5. The molecule has 0 bridgehead atoms. The molecule has 0 aromatic heterocycles. The van der Waals surface area contributed by atoms with Crippen molar-refractivity contribution < 1.29 is 9.53 Å². The van der Waals surface area contributed by atoms with Gasteiger partial charge in [0.15, 0.2) is 0 Å². The Kier molecular flexibility index (Phi) is 1.63. The Bertz CT molecular complexity index is 176. The number of hydrogen-bond donors (Lipinski definition) is 0. The first-order valence-electron chi connectivity index (χ1n) is 4.38. The summed E-state index contributed by atoms with van der Waals surface area (Å²) >= 11 is 0. The van der Waals surface area contributed by atoms with E-state index in [0.717, 1.165) is 11.8 Å². The van der Waals surface area contributed by atoms with Crippen LogP contribution in [0.4, 0.5) is 0 Å². The molecule has 0 aromatic rings. The Morgan fingerprint density at radius 3 is 2.82 bits per heavy atom. The molecule has 62 valence electrons. The SMILES string of the molecule is COC(=O)C[C@H]1CCC2CC21. The Labute approximate surface area is 66.9 Å². The first kappa shape index (κ1) is 7.14. The lowest BCUT2D eigenvalue weighted by molar-refractivity contribution is -0.141. The van der Waals surface area contributed by atoms with Gasteiger partial charge in [-0.2, -0.15) is 0 Å². The molecular formula is C9H14O2. The maximum Gasteiger partial charge on any atom is 0.305 e. The fourth-order valence-corrected chi connectivity index (χ4v) is 2.37. The van der Waals surface area contributed by atoms with Crippen LogP contribution < -0.4 is 0 Å². The largest absolute Gasteiger partial charge is 0.469 e. The number of fused-ring (bicyclic) bond motifs is 1. The Morgan fingerprint density at radius 2 is 2.36 bits per heavy atom. The van der Waals surface area contributed by atoms with E-state index < -0.39 is 0 Å². The molecule has 2 unspecified atom stereocenters. The number of ether oxygens (including phenoxy) is 1. The van der Waals surface area contributed by atoms with E-state index in [4.69, 9.17) is 0 Å². The van der Waals surface area contributed by atoms with Gasteiger partial charge in [0.2, 0.25) is 0 Å². The maximum absolute atomic E-state index is 10.9. The van der Waals surface area contributed by atoms with E-state index in [0.29, 0.717) is 12.3 Å². The van der Waals surface area contributed by atoms with Crippen LogP contribution in [-0.4, -0.2) is 13.1 Å². The molecule has 2 fully saturated rings. The fourth-order valence-electron chi connectivity index (χ4n) is 2.37. The molecule has 0 amide bonds. The van der Waals surface area contributed by atoms with Crippen LogP contribution in [0.15, 0.2) is 0 Å². The number of carbonyl (C=O) groups is 1. The van der Waals surface area contributed by atoms with E-state index >= 15 is 0 Å². The van der Waals surface area contributed by atoms with Crippen LogP contribution in [-0.2, 0) is 9.53 Å². The number of methoxy groups -OCH3 is 1. The molecule has 2 aliphatic rings. The topological polar surface area (TPSA) is 26.3 Å². The van der Waals surface area contributed by atoms with E-state index in [1.165, 1.54) is 26.4 Å². The van der Waals surface area contributed by atoms with Crippen molar-refractivity contribution in [2.45, 2.75) is 25.7 Å². The zero-order valence-corrected chi connectivity index (χ0v) is 6.88. The maximum atomic E-state index is 10.9. The van der Waals surface area contributed by atoms with E-state index in [2.05, 4.69) is 4.74 Å². The van der Waals surface area contributed by atoms with E-state index in [-0.39, 0.29) is 5.97 Å². The lowest BCUT2D eigenvalue weighted by Crippen LogP contribution is -2.09. The summed E-state index contributed by atoms with van der Waals surface area (Å²) in [5.41, 5.74) is 0. The number of rotatable bonds is 2. The molecule has 2 heteroatoms. The third-order valence-electron chi connectivity index (χ3n) is 3.15. The van der Waals surface area contributed by atoms with Gasteiger partial charge in [0.05, 0.1) is 7.11 Å². The second-order valence-corrected chi connectivity index (χ2v) is 3.78. The highest BCUT2D eigenvalue weighted by Gasteiger charge is 2.48. The van der Waals surface area contributed by atoms with Gasteiger partial charge in [0.25, 0.3) is 0 Å². The molecular weight excluding hydrogens is 140 g/mol. The predicted octanol–water partition coefficient (Wildman–Crippen LogP) is 1.60. The van der Waals surface area contributed by atoms with Gasteiger partial charge >= 0.3 is 5.97 Å². The standard InChI is InChI=1S/C9H14O2/c1-11-9(10)5-7-3-2-6-4-8(6)7/h6-8H,2-5H2,1H3/t6?,7-,8?/m1/s1. The van der Waals surface area contributed by atoms with Gasteiger partial charge in [0.1, 0.15) is 0 Å². The molecule has 0 radical (unpaired) electrons. The first-order valence-corrected chi connectivity index (χ1v) is 4.38.